The number of benzene rings is 2. The van der Waals surface area contributed by atoms with Crippen LogP contribution in [0.4, 0.5) is 4.39 Å². The number of sulfonamides is 1. The van der Waals surface area contributed by atoms with Gasteiger partial charge in [-0.3, -0.25) is 4.79 Å². The predicted molar refractivity (Wildman–Crippen MR) is 104 cm³/mol. The van der Waals surface area contributed by atoms with E-state index in [0.717, 1.165) is 19.1 Å². The van der Waals surface area contributed by atoms with Crippen molar-refractivity contribution in [2.45, 2.75) is 38.3 Å². The molecule has 0 aliphatic heterocycles. The lowest BCUT2D eigenvalue weighted by molar-refractivity contribution is -0.122. The Morgan fingerprint density at radius 1 is 1.07 bits per heavy atom. The van der Waals surface area contributed by atoms with Crippen LogP contribution in [0.2, 0.25) is 0 Å². The molecule has 0 aliphatic carbocycles. The highest BCUT2D eigenvalue weighted by molar-refractivity contribution is 7.88. The molecule has 2 aromatic rings. The summed E-state index contributed by atoms with van der Waals surface area (Å²) in [6.45, 7) is 1.91. The lowest BCUT2D eigenvalue weighted by Gasteiger charge is -2.20. The van der Waals surface area contributed by atoms with Crippen LogP contribution in [0.3, 0.4) is 0 Å². The second kappa shape index (κ2) is 9.62. The summed E-state index contributed by atoms with van der Waals surface area (Å²) in [5, 5.41) is 2.90. The summed E-state index contributed by atoms with van der Waals surface area (Å²) in [5.74, 6) is -0.683. The summed E-state index contributed by atoms with van der Waals surface area (Å²) in [5.41, 5.74) is 1.73. The number of aryl methyl sites for hydroxylation is 1. The van der Waals surface area contributed by atoms with Gasteiger partial charge in [-0.1, -0.05) is 42.5 Å². The summed E-state index contributed by atoms with van der Waals surface area (Å²) in [4.78, 5) is 12.4. The second-order valence-corrected chi connectivity index (χ2v) is 8.47. The van der Waals surface area contributed by atoms with Gasteiger partial charge in [-0.05, 0) is 43.0 Å². The molecule has 0 heterocycles. The third kappa shape index (κ3) is 7.88. The summed E-state index contributed by atoms with van der Waals surface area (Å²) in [6.07, 6.45) is 2.58. The Morgan fingerprint density at radius 2 is 1.70 bits per heavy atom. The van der Waals surface area contributed by atoms with E-state index in [9.17, 15) is 17.6 Å². The normalized spacial score (nSPS) is 13.7. The van der Waals surface area contributed by atoms with E-state index in [1.807, 2.05) is 37.3 Å². The van der Waals surface area contributed by atoms with Crippen molar-refractivity contribution in [2.75, 3.05) is 6.26 Å². The number of hydrogen-bond donors (Lipinski definition) is 2. The minimum absolute atomic E-state index is 0.0511. The Bertz CT molecular complexity index is 839. The van der Waals surface area contributed by atoms with Crippen LogP contribution in [0.25, 0.3) is 0 Å². The number of carbonyl (C=O) groups is 1. The van der Waals surface area contributed by atoms with Crippen molar-refractivity contribution >= 4 is 15.9 Å². The second-order valence-electron chi connectivity index (χ2n) is 6.69. The molecule has 0 saturated heterocycles. The molecule has 2 aromatic carbocycles. The van der Waals surface area contributed by atoms with Crippen molar-refractivity contribution in [3.8, 4) is 0 Å². The molecule has 2 unspecified atom stereocenters. The van der Waals surface area contributed by atoms with Crippen LogP contribution in [-0.4, -0.2) is 26.6 Å². The quantitative estimate of drug-likeness (QED) is 0.689. The van der Waals surface area contributed by atoms with E-state index in [1.54, 1.807) is 0 Å². The predicted octanol–water partition coefficient (Wildman–Crippen LogP) is 2.94. The third-order valence-electron chi connectivity index (χ3n) is 4.13. The summed E-state index contributed by atoms with van der Waals surface area (Å²) >= 11 is 0. The van der Waals surface area contributed by atoms with Gasteiger partial charge in [0.05, 0.1) is 12.3 Å². The molecule has 0 saturated carbocycles. The maximum Gasteiger partial charge on any atom is 0.222 e. The lowest BCUT2D eigenvalue weighted by Crippen LogP contribution is -2.37. The fourth-order valence-corrected chi connectivity index (χ4v) is 3.54. The molecule has 7 heteroatoms. The first-order chi connectivity index (χ1) is 12.7. The van der Waals surface area contributed by atoms with Gasteiger partial charge >= 0.3 is 0 Å². The van der Waals surface area contributed by atoms with Crippen molar-refractivity contribution < 1.29 is 17.6 Å². The number of rotatable bonds is 9. The molecule has 0 aliphatic rings. The zero-order chi connectivity index (χ0) is 19.9. The van der Waals surface area contributed by atoms with Crippen molar-refractivity contribution in [1.82, 2.24) is 10.0 Å². The van der Waals surface area contributed by atoms with Crippen molar-refractivity contribution in [3.05, 3.63) is 71.5 Å². The maximum absolute atomic E-state index is 13.1. The molecular weight excluding hydrogens is 367 g/mol. The van der Waals surface area contributed by atoms with E-state index in [1.165, 1.54) is 29.8 Å². The van der Waals surface area contributed by atoms with Gasteiger partial charge in [0.15, 0.2) is 0 Å². The molecule has 146 valence electrons. The Labute approximate surface area is 160 Å². The average molecular weight is 392 g/mol. The molecule has 2 rings (SSSR count). The lowest BCUT2D eigenvalue weighted by atomic mass is 10.0. The summed E-state index contributed by atoms with van der Waals surface area (Å²) in [7, 11) is -3.53. The first kappa shape index (κ1) is 21.1. The monoisotopic (exact) mass is 392 g/mol. The largest absolute Gasteiger partial charge is 0.354 e. The molecule has 0 bridgehead atoms. The van der Waals surface area contributed by atoms with E-state index >= 15 is 0 Å². The van der Waals surface area contributed by atoms with Gasteiger partial charge in [-0.2, -0.15) is 0 Å². The van der Waals surface area contributed by atoms with Crippen LogP contribution in [0, 0.1) is 5.82 Å². The number of hydrogen-bond acceptors (Lipinski definition) is 3. The Balaban J connectivity index is 1.95. The van der Waals surface area contributed by atoms with E-state index < -0.39 is 21.9 Å². The molecular formula is C20H25FN2O3S. The van der Waals surface area contributed by atoms with Gasteiger partial charge in [0.1, 0.15) is 5.82 Å². The zero-order valence-electron chi connectivity index (χ0n) is 15.5. The minimum atomic E-state index is -3.53. The molecule has 0 spiro atoms. The van der Waals surface area contributed by atoms with E-state index in [2.05, 4.69) is 10.0 Å². The topological polar surface area (TPSA) is 75.3 Å². The van der Waals surface area contributed by atoms with Gasteiger partial charge in [0, 0.05) is 12.5 Å². The third-order valence-corrected chi connectivity index (χ3v) is 4.85. The Hall–Kier alpha value is -2.25. The fraction of sp³-hybridized carbons (Fsp3) is 0.350. The molecule has 2 atom stereocenters. The van der Waals surface area contributed by atoms with Crippen LogP contribution in [0.5, 0.6) is 0 Å². The van der Waals surface area contributed by atoms with E-state index in [0.29, 0.717) is 5.56 Å². The van der Waals surface area contributed by atoms with Crippen LogP contribution < -0.4 is 10.0 Å². The SMILES string of the molecule is CC(CCc1ccccc1)NC(=O)CC(NS(C)(=O)=O)c1ccc(F)cc1. The number of nitrogens with one attached hydrogen (secondary N) is 2. The first-order valence-electron chi connectivity index (χ1n) is 8.79. The molecule has 0 aromatic heterocycles. The van der Waals surface area contributed by atoms with Crippen LogP contribution in [-0.2, 0) is 21.2 Å². The summed E-state index contributed by atoms with van der Waals surface area (Å²) in [6, 6.07) is 14.6. The number of halogens is 1. The fourth-order valence-electron chi connectivity index (χ4n) is 2.80. The van der Waals surface area contributed by atoms with Crippen LogP contribution in [0.1, 0.15) is 36.9 Å². The van der Waals surface area contributed by atoms with Gasteiger partial charge in [-0.25, -0.2) is 17.5 Å². The van der Waals surface area contributed by atoms with Crippen LogP contribution in [0.15, 0.2) is 54.6 Å². The Kier molecular flexibility index (Phi) is 7.50. The van der Waals surface area contributed by atoms with Crippen molar-refractivity contribution in [3.63, 3.8) is 0 Å². The Morgan fingerprint density at radius 3 is 2.30 bits per heavy atom. The van der Waals surface area contributed by atoms with Crippen LogP contribution >= 0.6 is 0 Å². The van der Waals surface area contributed by atoms with E-state index in [4.69, 9.17) is 0 Å². The molecule has 1 amide bonds. The van der Waals surface area contributed by atoms with Gasteiger partial charge in [0.2, 0.25) is 15.9 Å². The molecule has 0 fully saturated rings. The molecule has 27 heavy (non-hydrogen) atoms. The molecule has 0 radical (unpaired) electrons. The average Bonchev–Trinajstić information content (AvgIpc) is 2.60. The van der Waals surface area contributed by atoms with Gasteiger partial charge in [0.25, 0.3) is 0 Å². The van der Waals surface area contributed by atoms with Crippen molar-refractivity contribution in [1.29, 1.82) is 0 Å². The van der Waals surface area contributed by atoms with Gasteiger partial charge in [-0.15, -0.1) is 0 Å². The highest BCUT2D eigenvalue weighted by atomic mass is 32.2. The van der Waals surface area contributed by atoms with E-state index in [-0.39, 0.29) is 18.4 Å². The van der Waals surface area contributed by atoms with Gasteiger partial charge < -0.3 is 5.32 Å². The molecule has 2 N–H and O–H groups in total. The number of carbonyl (C=O) groups excluding carboxylic acids is 1. The summed E-state index contributed by atoms with van der Waals surface area (Å²) < 4.78 is 38.8. The maximum atomic E-state index is 13.1. The first-order valence-corrected chi connectivity index (χ1v) is 10.7. The molecule has 5 nitrogen and oxygen atoms in total. The highest BCUT2D eigenvalue weighted by Crippen LogP contribution is 2.18. The smallest absolute Gasteiger partial charge is 0.222 e. The minimum Gasteiger partial charge on any atom is -0.354 e. The highest BCUT2D eigenvalue weighted by Gasteiger charge is 2.20. The number of amides is 1. The van der Waals surface area contributed by atoms with Crippen molar-refractivity contribution in [2.24, 2.45) is 0 Å². The zero-order valence-corrected chi connectivity index (χ0v) is 16.3. The standard InChI is InChI=1S/C20H25FN2O3S/c1-15(8-9-16-6-4-3-5-7-16)22-20(24)14-19(23-27(2,25)26)17-10-12-18(21)13-11-17/h3-7,10-13,15,19,23H,8-9,14H2,1-2H3,(H,22,24).